The molecule has 1 atom stereocenters. The second-order valence-electron chi connectivity index (χ2n) is 5.64. The van der Waals surface area contributed by atoms with Crippen LogP contribution in [0.3, 0.4) is 0 Å². The number of methoxy groups -OCH3 is 1. The molecule has 1 aliphatic rings. The number of hydrogen-bond acceptors (Lipinski definition) is 6. The lowest BCUT2D eigenvalue weighted by molar-refractivity contribution is -0.125. The van der Waals surface area contributed by atoms with Crippen molar-refractivity contribution < 1.29 is 9.53 Å². The van der Waals surface area contributed by atoms with Crippen LogP contribution in [0, 0.1) is 6.92 Å². The molecule has 8 heteroatoms. The van der Waals surface area contributed by atoms with E-state index in [0.717, 1.165) is 29.5 Å². The lowest BCUT2D eigenvalue weighted by Crippen LogP contribution is -2.44. The largest absolute Gasteiger partial charge is 0.383 e. The molecule has 1 aliphatic heterocycles. The number of aromatic nitrogens is 3. The van der Waals surface area contributed by atoms with Crippen molar-refractivity contribution in [3.8, 4) is 0 Å². The van der Waals surface area contributed by atoms with E-state index in [1.54, 1.807) is 24.8 Å². The lowest BCUT2D eigenvalue weighted by atomic mass is 10.1. The fraction of sp³-hybridized carbons (Fsp3) is 0.533. The molecule has 2 aromatic rings. The number of nitrogens with one attached hydrogen (secondary N) is 1. The molecule has 3 rings (SSSR count). The molecule has 0 saturated heterocycles. The second kappa shape index (κ2) is 7.20. The highest BCUT2D eigenvalue weighted by Gasteiger charge is 2.30. The average molecular weight is 335 g/mol. The smallest absolute Gasteiger partial charge is 0.244 e. The van der Waals surface area contributed by atoms with Gasteiger partial charge >= 0.3 is 0 Å². The second-order valence-corrected chi connectivity index (χ2v) is 6.59. The van der Waals surface area contributed by atoms with E-state index in [1.807, 2.05) is 17.7 Å². The summed E-state index contributed by atoms with van der Waals surface area (Å²) in [5, 5.41) is 6.05. The van der Waals surface area contributed by atoms with Crippen LogP contribution in [0.4, 0.5) is 0 Å². The molecule has 1 amide bonds. The molecule has 0 saturated carbocycles. The van der Waals surface area contributed by atoms with Gasteiger partial charge in [-0.15, -0.1) is 11.3 Å². The first-order valence-corrected chi connectivity index (χ1v) is 8.46. The SMILES string of the molecule is COCCNC(=O)[C@@H]1CN(Cc2nc(C)cs2)Cc2cncn21. The predicted molar refractivity (Wildman–Crippen MR) is 87.1 cm³/mol. The third-order valence-corrected chi connectivity index (χ3v) is 4.78. The van der Waals surface area contributed by atoms with Gasteiger partial charge in [-0.2, -0.15) is 0 Å². The molecule has 0 radical (unpaired) electrons. The molecule has 7 nitrogen and oxygen atoms in total. The normalized spacial score (nSPS) is 17.9. The number of carbonyl (C=O) groups excluding carboxylic acids is 1. The number of ether oxygens (including phenoxy) is 1. The van der Waals surface area contributed by atoms with Crippen molar-refractivity contribution in [1.29, 1.82) is 0 Å². The zero-order valence-corrected chi connectivity index (χ0v) is 14.2. The number of thiazole rings is 1. The first-order valence-electron chi connectivity index (χ1n) is 7.58. The van der Waals surface area contributed by atoms with Crippen molar-refractivity contribution in [2.75, 3.05) is 26.8 Å². The van der Waals surface area contributed by atoms with Gasteiger partial charge in [-0.05, 0) is 6.92 Å². The van der Waals surface area contributed by atoms with E-state index in [0.29, 0.717) is 19.7 Å². The summed E-state index contributed by atoms with van der Waals surface area (Å²) in [6.45, 7) is 5.21. The number of rotatable bonds is 6. The Morgan fingerprint density at radius 2 is 2.43 bits per heavy atom. The molecule has 0 fully saturated rings. The van der Waals surface area contributed by atoms with Crippen molar-refractivity contribution in [1.82, 2.24) is 24.8 Å². The van der Waals surface area contributed by atoms with Gasteiger partial charge < -0.3 is 14.6 Å². The zero-order chi connectivity index (χ0) is 16.2. The molecule has 2 aromatic heterocycles. The number of hydrogen-bond donors (Lipinski definition) is 1. The highest BCUT2D eigenvalue weighted by Crippen LogP contribution is 2.23. The highest BCUT2D eigenvalue weighted by atomic mass is 32.1. The van der Waals surface area contributed by atoms with E-state index in [1.165, 1.54) is 0 Å². The quantitative estimate of drug-likeness (QED) is 0.797. The minimum absolute atomic E-state index is 0.00122. The zero-order valence-electron chi connectivity index (χ0n) is 13.4. The summed E-state index contributed by atoms with van der Waals surface area (Å²) >= 11 is 1.66. The molecule has 23 heavy (non-hydrogen) atoms. The van der Waals surface area contributed by atoms with Gasteiger partial charge in [0, 0.05) is 44.0 Å². The summed E-state index contributed by atoms with van der Waals surface area (Å²) in [5.74, 6) is 0.00122. The third-order valence-electron chi connectivity index (χ3n) is 3.83. The van der Waals surface area contributed by atoms with Crippen molar-refractivity contribution in [2.24, 2.45) is 0 Å². The van der Waals surface area contributed by atoms with Crippen LogP contribution >= 0.6 is 11.3 Å². The van der Waals surface area contributed by atoms with Crippen molar-refractivity contribution in [2.45, 2.75) is 26.1 Å². The fourth-order valence-corrected chi connectivity index (χ4v) is 3.56. The van der Waals surface area contributed by atoms with E-state index >= 15 is 0 Å². The summed E-state index contributed by atoms with van der Waals surface area (Å²) in [6.07, 6.45) is 3.56. The van der Waals surface area contributed by atoms with Crippen LogP contribution in [0.25, 0.3) is 0 Å². The van der Waals surface area contributed by atoms with Gasteiger partial charge in [0.1, 0.15) is 11.0 Å². The number of amides is 1. The molecular formula is C15H21N5O2S. The predicted octanol–water partition coefficient (Wildman–Crippen LogP) is 0.968. The molecule has 0 unspecified atom stereocenters. The summed E-state index contributed by atoms with van der Waals surface area (Å²) in [5.41, 5.74) is 2.09. The molecular weight excluding hydrogens is 314 g/mol. The lowest BCUT2D eigenvalue weighted by Gasteiger charge is -2.33. The Kier molecular flexibility index (Phi) is 5.04. The first kappa shape index (κ1) is 16.1. The van der Waals surface area contributed by atoms with Gasteiger partial charge in [0.05, 0.1) is 25.2 Å². The van der Waals surface area contributed by atoms with E-state index in [2.05, 4.69) is 25.6 Å². The minimum atomic E-state index is -0.265. The van der Waals surface area contributed by atoms with E-state index in [-0.39, 0.29) is 11.9 Å². The topological polar surface area (TPSA) is 72.3 Å². The van der Waals surface area contributed by atoms with Crippen LogP contribution in [0.2, 0.25) is 0 Å². The summed E-state index contributed by atoms with van der Waals surface area (Å²) in [4.78, 5) is 23.4. The van der Waals surface area contributed by atoms with Gasteiger partial charge in [0.15, 0.2) is 0 Å². The maximum Gasteiger partial charge on any atom is 0.244 e. The van der Waals surface area contributed by atoms with Crippen molar-refractivity contribution >= 4 is 17.2 Å². The Balaban J connectivity index is 1.70. The van der Waals surface area contributed by atoms with Crippen LogP contribution < -0.4 is 5.32 Å². The molecule has 3 heterocycles. The average Bonchev–Trinajstić information content (AvgIpc) is 3.15. The number of carbonyl (C=O) groups is 1. The highest BCUT2D eigenvalue weighted by molar-refractivity contribution is 7.09. The molecule has 0 bridgehead atoms. The summed E-state index contributed by atoms with van der Waals surface area (Å²) in [6, 6.07) is -0.265. The summed E-state index contributed by atoms with van der Waals surface area (Å²) in [7, 11) is 1.62. The Hall–Kier alpha value is -1.77. The van der Waals surface area contributed by atoms with E-state index in [9.17, 15) is 4.79 Å². The summed E-state index contributed by atoms with van der Waals surface area (Å²) < 4.78 is 6.95. The van der Waals surface area contributed by atoms with Gasteiger partial charge in [0.2, 0.25) is 5.91 Å². The Morgan fingerprint density at radius 3 is 3.17 bits per heavy atom. The van der Waals surface area contributed by atoms with Gasteiger partial charge in [0.25, 0.3) is 0 Å². The monoisotopic (exact) mass is 335 g/mol. The third kappa shape index (κ3) is 3.77. The maximum absolute atomic E-state index is 12.5. The van der Waals surface area contributed by atoms with Gasteiger partial charge in [-0.1, -0.05) is 0 Å². The Bertz CT molecular complexity index is 668. The van der Waals surface area contributed by atoms with Crippen molar-refractivity contribution in [3.63, 3.8) is 0 Å². The van der Waals surface area contributed by atoms with E-state index in [4.69, 9.17) is 4.74 Å². The molecule has 124 valence electrons. The number of imidazole rings is 1. The van der Waals surface area contributed by atoms with Crippen LogP contribution in [-0.4, -0.2) is 52.1 Å². The van der Waals surface area contributed by atoms with E-state index < -0.39 is 0 Å². The molecule has 1 N–H and O–H groups in total. The Labute approximate surface area is 139 Å². The number of fused-ring (bicyclic) bond motifs is 1. The standard InChI is InChI=1S/C15H21N5O2S/c1-11-9-23-14(18-11)8-19-6-12-5-16-10-20(12)13(7-19)15(21)17-3-4-22-2/h5,9-10,13H,3-4,6-8H2,1-2H3,(H,17,21)/t13-/m0/s1. The molecule has 0 aromatic carbocycles. The number of nitrogens with zero attached hydrogens (tertiary/aromatic N) is 4. The van der Waals surface area contributed by atoms with Crippen LogP contribution in [0.1, 0.15) is 22.4 Å². The number of aryl methyl sites for hydroxylation is 1. The molecule has 0 spiro atoms. The van der Waals surface area contributed by atoms with Crippen molar-refractivity contribution in [3.05, 3.63) is 34.3 Å². The Morgan fingerprint density at radius 1 is 1.57 bits per heavy atom. The fourth-order valence-electron chi connectivity index (χ4n) is 2.75. The van der Waals surface area contributed by atoms with Crippen LogP contribution in [-0.2, 0) is 22.6 Å². The van der Waals surface area contributed by atoms with Gasteiger partial charge in [-0.3, -0.25) is 9.69 Å². The van der Waals surface area contributed by atoms with Gasteiger partial charge in [-0.25, -0.2) is 9.97 Å². The van der Waals surface area contributed by atoms with Crippen LogP contribution in [0.5, 0.6) is 0 Å². The molecule has 0 aliphatic carbocycles. The first-order chi connectivity index (χ1) is 11.2. The minimum Gasteiger partial charge on any atom is -0.383 e. The maximum atomic E-state index is 12.5. The van der Waals surface area contributed by atoms with Crippen LogP contribution in [0.15, 0.2) is 17.9 Å².